The van der Waals surface area contributed by atoms with Crippen LogP contribution in [0.5, 0.6) is 5.75 Å². The Balaban J connectivity index is 2.74. The summed E-state index contributed by atoms with van der Waals surface area (Å²) in [4.78, 5) is 30.0. The van der Waals surface area contributed by atoms with Gasteiger partial charge in [-0.05, 0) is 0 Å². The zero-order chi connectivity index (χ0) is 13.4. The molecule has 1 aromatic rings. The number of benzene rings is 1. The number of nitrogens with zero attached hydrogens (tertiary/aromatic N) is 2. The Kier molecular flexibility index (Phi) is 2.54. The number of ether oxygens (including phenoxy) is 1. The molecule has 94 valence electrons. The van der Waals surface area contributed by atoms with Gasteiger partial charge in [-0.2, -0.15) is 4.39 Å². The number of rotatable bonds is 2. The van der Waals surface area contributed by atoms with E-state index in [4.69, 9.17) is 4.74 Å². The van der Waals surface area contributed by atoms with E-state index in [0.717, 1.165) is 0 Å². The molecule has 2 rings (SSSR count). The van der Waals surface area contributed by atoms with Gasteiger partial charge in [0.05, 0.1) is 15.5 Å². The average Bonchev–Trinajstić information content (AvgIpc) is 2.27. The first-order valence-electron chi connectivity index (χ1n) is 4.49. The van der Waals surface area contributed by atoms with Crippen LogP contribution >= 0.6 is 0 Å². The van der Waals surface area contributed by atoms with Crippen molar-refractivity contribution in [1.82, 2.24) is 0 Å². The SMILES string of the molecule is O=C1COc2c(cc([N+](=O)[O-])c(F)c2[N+](=O)[O-])N1. The molecule has 0 saturated heterocycles. The Morgan fingerprint density at radius 1 is 1.33 bits per heavy atom. The van der Waals surface area contributed by atoms with E-state index in [1.807, 2.05) is 0 Å². The topological polar surface area (TPSA) is 125 Å². The maximum absolute atomic E-state index is 13.6. The lowest BCUT2D eigenvalue weighted by molar-refractivity contribution is -0.399. The molecular weight excluding hydrogens is 253 g/mol. The van der Waals surface area contributed by atoms with Gasteiger partial charge in [0.25, 0.3) is 11.7 Å². The number of hydrogen-bond acceptors (Lipinski definition) is 6. The lowest BCUT2D eigenvalue weighted by Crippen LogP contribution is -2.26. The molecule has 0 aliphatic carbocycles. The standard InChI is InChI=1S/C8H4FN3O6/c9-6-4(11(14)15)1-3-8(7(6)12(16)17)18-2-5(13)10-3/h1H,2H2,(H,10,13). The molecule has 1 N–H and O–H groups in total. The highest BCUT2D eigenvalue weighted by Crippen LogP contribution is 2.43. The smallest absolute Gasteiger partial charge is 0.355 e. The highest BCUT2D eigenvalue weighted by molar-refractivity contribution is 5.97. The molecule has 9 nitrogen and oxygen atoms in total. The van der Waals surface area contributed by atoms with Crippen LogP contribution in [-0.4, -0.2) is 22.4 Å². The number of nitro groups is 2. The number of halogens is 1. The second kappa shape index (κ2) is 3.91. The van der Waals surface area contributed by atoms with Gasteiger partial charge < -0.3 is 10.1 Å². The van der Waals surface area contributed by atoms with E-state index in [1.165, 1.54) is 0 Å². The van der Waals surface area contributed by atoms with E-state index in [1.54, 1.807) is 0 Å². The fraction of sp³-hybridized carbons (Fsp3) is 0.125. The van der Waals surface area contributed by atoms with Gasteiger partial charge >= 0.3 is 11.4 Å². The lowest BCUT2D eigenvalue weighted by Gasteiger charge is -2.17. The van der Waals surface area contributed by atoms with Crippen molar-refractivity contribution in [2.75, 3.05) is 11.9 Å². The minimum atomic E-state index is -1.61. The average molecular weight is 257 g/mol. The molecule has 1 amide bonds. The van der Waals surface area contributed by atoms with Gasteiger partial charge in [-0.3, -0.25) is 25.0 Å². The first-order chi connectivity index (χ1) is 8.41. The highest BCUT2D eigenvalue weighted by atomic mass is 19.1. The quantitative estimate of drug-likeness (QED) is 0.621. The fourth-order valence-corrected chi connectivity index (χ4v) is 1.47. The lowest BCUT2D eigenvalue weighted by atomic mass is 10.2. The van der Waals surface area contributed by atoms with Gasteiger partial charge in [0.1, 0.15) is 0 Å². The van der Waals surface area contributed by atoms with Gasteiger partial charge in [0, 0.05) is 6.07 Å². The van der Waals surface area contributed by atoms with Gasteiger partial charge in [0.2, 0.25) is 5.75 Å². The first-order valence-corrected chi connectivity index (χ1v) is 4.49. The van der Waals surface area contributed by atoms with Crippen molar-refractivity contribution in [2.45, 2.75) is 0 Å². The number of carbonyl (C=O) groups is 1. The third-order valence-corrected chi connectivity index (χ3v) is 2.17. The number of nitro benzene ring substituents is 2. The summed E-state index contributed by atoms with van der Waals surface area (Å²) >= 11 is 0. The van der Waals surface area contributed by atoms with E-state index >= 15 is 0 Å². The van der Waals surface area contributed by atoms with Crippen molar-refractivity contribution in [3.8, 4) is 5.75 Å². The Morgan fingerprint density at radius 2 is 2.00 bits per heavy atom. The van der Waals surface area contributed by atoms with Crippen molar-refractivity contribution in [1.29, 1.82) is 0 Å². The molecule has 0 unspecified atom stereocenters. The van der Waals surface area contributed by atoms with Crippen molar-refractivity contribution >= 4 is 23.0 Å². The van der Waals surface area contributed by atoms with Crippen molar-refractivity contribution in [3.05, 3.63) is 32.1 Å². The summed E-state index contributed by atoms with van der Waals surface area (Å²) in [5.74, 6) is -2.78. The monoisotopic (exact) mass is 257 g/mol. The molecular formula is C8H4FN3O6. The van der Waals surface area contributed by atoms with Crippen molar-refractivity contribution in [2.24, 2.45) is 0 Å². The van der Waals surface area contributed by atoms with Crippen LogP contribution in [-0.2, 0) is 4.79 Å². The number of anilines is 1. The molecule has 0 saturated carbocycles. The minimum Gasteiger partial charge on any atom is -0.475 e. The summed E-state index contributed by atoms with van der Waals surface area (Å²) in [6.07, 6.45) is 0. The summed E-state index contributed by atoms with van der Waals surface area (Å²) in [6.45, 7) is -0.523. The van der Waals surface area contributed by atoms with E-state index in [0.29, 0.717) is 6.07 Å². The second-order valence-corrected chi connectivity index (χ2v) is 3.29. The Hall–Kier alpha value is -2.78. The van der Waals surface area contributed by atoms with E-state index in [2.05, 4.69) is 5.32 Å². The van der Waals surface area contributed by atoms with Crippen LogP contribution in [0.4, 0.5) is 21.5 Å². The molecule has 10 heteroatoms. The first kappa shape index (κ1) is 11.7. The third kappa shape index (κ3) is 1.69. The molecule has 1 heterocycles. The number of fused-ring (bicyclic) bond motifs is 1. The molecule has 1 aliphatic rings. The summed E-state index contributed by atoms with van der Waals surface area (Å²) in [5.41, 5.74) is -2.57. The van der Waals surface area contributed by atoms with Gasteiger partial charge in [-0.25, -0.2) is 0 Å². The molecule has 0 radical (unpaired) electrons. The second-order valence-electron chi connectivity index (χ2n) is 3.29. The van der Waals surface area contributed by atoms with Crippen LogP contribution in [0, 0.1) is 26.0 Å². The van der Waals surface area contributed by atoms with E-state index in [9.17, 15) is 29.4 Å². The predicted octanol–water partition coefficient (Wildman–Crippen LogP) is 0.973. The van der Waals surface area contributed by atoms with Gasteiger partial charge in [0.15, 0.2) is 6.61 Å². The maximum atomic E-state index is 13.6. The van der Waals surface area contributed by atoms with E-state index in [-0.39, 0.29) is 5.69 Å². The summed E-state index contributed by atoms with van der Waals surface area (Å²) in [7, 11) is 0. The largest absolute Gasteiger partial charge is 0.475 e. The molecule has 0 spiro atoms. The van der Waals surface area contributed by atoms with Crippen LogP contribution in [0.25, 0.3) is 0 Å². The molecule has 0 bridgehead atoms. The third-order valence-electron chi connectivity index (χ3n) is 2.17. The molecule has 18 heavy (non-hydrogen) atoms. The zero-order valence-corrected chi connectivity index (χ0v) is 8.51. The minimum absolute atomic E-state index is 0.300. The maximum Gasteiger partial charge on any atom is 0.355 e. The van der Waals surface area contributed by atoms with Crippen LogP contribution < -0.4 is 10.1 Å². The van der Waals surface area contributed by atoms with Crippen molar-refractivity contribution in [3.63, 3.8) is 0 Å². The Bertz CT molecular complexity index is 587. The van der Waals surface area contributed by atoms with Crippen LogP contribution in [0.1, 0.15) is 0 Å². The molecule has 1 aliphatic heterocycles. The number of hydrogen-bond donors (Lipinski definition) is 1. The molecule has 0 fully saturated rings. The van der Waals surface area contributed by atoms with Gasteiger partial charge in [-0.1, -0.05) is 0 Å². The van der Waals surface area contributed by atoms with Crippen LogP contribution in [0.2, 0.25) is 0 Å². The molecule has 1 aromatic carbocycles. The predicted molar refractivity (Wildman–Crippen MR) is 53.8 cm³/mol. The highest BCUT2D eigenvalue weighted by Gasteiger charge is 2.36. The molecule has 0 aromatic heterocycles. The summed E-state index contributed by atoms with van der Waals surface area (Å²) < 4.78 is 18.3. The Labute approximate surface area is 97.5 Å². The fourth-order valence-electron chi connectivity index (χ4n) is 1.47. The summed E-state index contributed by atoms with van der Waals surface area (Å²) in [5, 5.41) is 23.4. The van der Waals surface area contributed by atoms with Crippen molar-refractivity contribution < 1.29 is 23.8 Å². The molecule has 0 atom stereocenters. The normalized spacial score (nSPS) is 13.3. The summed E-state index contributed by atoms with van der Waals surface area (Å²) in [6, 6.07) is 0.675. The van der Waals surface area contributed by atoms with Crippen LogP contribution in [0.15, 0.2) is 6.07 Å². The Morgan fingerprint density at radius 3 is 2.56 bits per heavy atom. The van der Waals surface area contributed by atoms with E-state index < -0.39 is 45.3 Å². The number of nitrogens with one attached hydrogen (secondary N) is 1. The van der Waals surface area contributed by atoms with Gasteiger partial charge in [-0.15, -0.1) is 0 Å². The number of carbonyl (C=O) groups excluding carboxylic acids is 1. The number of amides is 1. The zero-order valence-electron chi connectivity index (χ0n) is 8.51. The van der Waals surface area contributed by atoms with Crippen LogP contribution in [0.3, 0.4) is 0 Å².